The van der Waals surface area contributed by atoms with Crippen LogP contribution in [0.15, 0.2) is 24.3 Å². The van der Waals surface area contributed by atoms with Crippen LogP contribution in [0, 0.1) is 5.92 Å². The lowest BCUT2D eigenvalue weighted by molar-refractivity contribution is -0.156. The van der Waals surface area contributed by atoms with Crippen LogP contribution in [0.1, 0.15) is 50.4 Å². The maximum absolute atomic E-state index is 13.1. The third-order valence-corrected chi connectivity index (χ3v) is 5.95. The van der Waals surface area contributed by atoms with Crippen molar-refractivity contribution in [3.8, 4) is 5.88 Å². The Labute approximate surface area is 183 Å². The Balaban J connectivity index is 1.32. The summed E-state index contributed by atoms with van der Waals surface area (Å²) in [5.41, 5.74) is 1.25. The van der Waals surface area contributed by atoms with Crippen molar-refractivity contribution in [3.05, 3.63) is 29.8 Å². The first-order valence-corrected chi connectivity index (χ1v) is 11.3. The van der Waals surface area contributed by atoms with E-state index >= 15 is 0 Å². The number of carbonyl (C=O) groups excluding carboxylic acids is 2. The Morgan fingerprint density at radius 3 is 2.65 bits per heavy atom. The molecular weight excluding hydrogens is 394 g/mol. The van der Waals surface area contributed by atoms with Crippen molar-refractivity contribution >= 4 is 22.8 Å². The molecule has 7 heteroatoms. The fourth-order valence-electron chi connectivity index (χ4n) is 4.49. The number of aromatic nitrogens is 1. The number of carbonyl (C=O) groups is 2. The zero-order chi connectivity index (χ0) is 22.0. The molecule has 0 aliphatic carbocycles. The number of amides is 1. The number of rotatable bonds is 5. The van der Waals surface area contributed by atoms with Crippen molar-refractivity contribution in [2.45, 2.75) is 52.2 Å². The number of nitrogens with zero attached hydrogens (tertiary/aromatic N) is 2. The van der Waals surface area contributed by atoms with E-state index < -0.39 is 5.60 Å². The summed E-state index contributed by atoms with van der Waals surface area (Å²) < 4.78 is 13.4. The fraction of sp³-hybridized carbons (Fsp3) is 0.583. The Kier molecular flexibility index (Phi) is 6.23. The Morgan fingerprint density at radius 2 is 1.90 bits per heavy atom. The normalized spacial score (nSPS) is 17.8. The molecule has 0 unspecified atom stereocenters. The van der Waals surface area contributed by atoms with Gasteiger partial charge in [-0.25, -0.2) is 0 Å². The molecular formula is C24H33N3O4. The van der Waals surface area contributed by atoms with E-state index in [0.29, 0.717) is 37.1 Å². The number of likely N-dealkylation sites (tertiary alicyclic amines) is 1. The van der Waals surface area contributed by atoms with E-state index in [-0.39, 0.29) is 11.9 Å². The summed E-state index contributed by atoms with van der Waals surface area (Å²) in [6.07, 6.45) is 2.86. The van der Waals surface area contributed by atoms with E-state index in [9.17, 15) is 9.59 Å². The van der Waals surface area contributed by atoms with Gasteiger partial charge in [-0.15, -0.1) is 0 Å². The van der Waals surface area contributed by atoms with Gasteiger partial charge in [-0.1, -0.05) is 18.2 Å². The van der Waals surface area contributed by atoms with Crippen molar-refractivity contribution in [3.63, 3.8) is 0 Å². The summed E-state index contributed by atoms with van der Waals surface area (Å²) in [4.78, 5) is 27.3. The minimum atomic E-state index is -0.453. The van der Waals surface area contributed by atoms with E-state index in [4.69, 9.17) is 9.47 Å². The van der Waals surface area contributed by atoms with Gasteiger partial charge in [0.1, 0.15) is 11.2 Å². The zero-order valence-electron chi connectivity index (χ0n) is 18.8. The van der Waals surface area contributed by atoms with Crippen molar-refractivity contribution in [2.24, 2.45) is 5.92 Å². The Hall–Kier alpha value is -2.54. The highest BCUT2D eigenvalue weighted by Gasteiger charge is 2.27. The van der Waals surface area contributed by atoms with Crippen molar-refractivity contribution in [1.82, 2.24) is 14.8 Å². The minimum Gasteiger partial charge on any atom is -0.478 e. The highest BCUT2D eigenvalue weighted by Crippen LogP contribution is 2.34. The molecule has 1 aromatic carbocycles. The van der Waals surface area contributed by atoms with Gasteiger partial charge in [0.15, 0.2) is 0 Å². The quantitative estimate of drug-likeness (QED) is 0.742. The molecule has 4 rings (SSSR count). The SMILES string of the molecule is CC(C)(C)OC(=O)CN1CCC(CNC(=O)c2c3n(c4ccccc24)CCCO3)CC1. The molecule has 1 saturated heterocycles. The topological polar surface area (TPSA) is 72.8 Å². The number of esters is 1. The average Bonchev–Trinajstić information content (AvgIpc) is 3.06. The largest absolute Gasteiger partial charge is 0.478 e. The van der Waals surface area contributed by atoms with Gasteiger partial charge < -0.3 is 19.4 Å². The maximum atomic E-state index is 13.1. The number of fused-ring (bicyclic) bond motifs is 3. The van der Waals surface area contributed by atoms with Crippen LogP contribution in [0.2, 0.25) is 0 Å². The molecule has 0 saturated carbocycles. The van der Waals surface area contributed by atoms with Crippen LogP contribution in [-0.4, -0.2) is 59.7 Å². The molecule has 3 heterocycles. The van der Waals surface area contributed by atoms with Crippen LogP contribution >= 0.6 is 0 Å². The first-order valence-electron chi connectivity index (χ1n) is 11.3. The summed E-state index contributed by atoms with van der Waals surface area (Å²) in [6, 6.07) is 8.00. The fourth-order valence-corrected chi connectivity index (χ4v) is 4.49. The van der Waals surface area contributed by atoms with E-state index in [2.05, 4.69) is 14.8 Å². The first kappa shape index (κ1) is 21.7. The van der Waals surface area contributed by atoms with E-state index in [1.807, 2.05) is 45.0 Å². The number of para-hydroxylation sites is 1. The number of piperidine rings is 1. The van der Waals surface area contributed by atoms with Crippen LogP contribution in [-0.2, 0) is 16.1 Å². The molecule has 7 nitrogen and oxygen atoms in total. The molecule has 0 spiro atoms. The first-order chi connectivity index (χ1) is 14.8. The number of aryl methyl sites for hydroxylation is 1. The van der Waals surface area contributed by atoms with Crippen LogP contribution in [0.3, 0.4) is 0 Å². The predicted molar refractivity (Wildman–Crippen MR) is 119 cm³/mol. The van der Waals surface area contributed by atoms with Gasteiger partial charge in [0.2, 0.25) is 5.88 Å². The molecule has 0 atom stereocenters. The Morgan fingerprint density at radius 1 is 1.16 bits per heavy atom. The number of nitrogens with one attached hydrogen (secondary N) is 1. The molecule has 31 heavy (non-hydrogen) atoms. The third-order valence-electron chi connectivity index (χ3n) is 5.95. The van der Waals surface area contributed by atoms with E-state index in [0.717, 1.165) is 49.8 Å². The van der Waals surface area contributed by atoms with Crippen LogP contribution in [0.25, 0.3) is 10.9 Å². The molecule has 1 amide bonds. The van der Waals surface area contributed by atoms with Gasteiger partial charge in [0.05, 0.1) is 18.7 Å². The average molecular weight is 428 g/mol. The van der Waals surface area contributed by atoms with Crippen LogP contribution in [0.5, 0.6) is 5.88 Å². The standard InChI is InChI=1S/C24H33N3O4/c1-24(2,3)31-20(28)16-26-12-9-17(10-13-26)15-25-22(29)21-18-7-4-5-8-19(18)27-11-6-14-30-23(21)27/h4-5,7-8,17H,6,9-16H2,1-3H3,(H,25,29). The molecule has 2 aliphatic heterocycles. The smallest absolute Gasteiger partial charge is 0.320 e. The minimum absolute atomic E-state index is 0.0666. The molecule has 168 valence electrons. The van der Waals surface area contributed by atoms with Crippen molar-refractivity contribution < 1.29 is 19.1 Å². The molecule has 2 aliphatic rings. The predicted octanol–water partition coefficient (Wildman–Crippen LogP) is 3.21. The van der Waals surface area contributed by atoms with Gasteiger partial charge >= 0.3 is 5.97 Å². The second kappa shape index (κ2) is 8.91. The van der Waals surface area contributed by atoms with E-state index in [1.54, 1.807) is 0 Å². The lowest BCUT2D eigenvalue weighted by Crippen LogP contribution is -2.42. The van der Waals surface area contributed by atoms with Crippen LogP contribution < -0.4 is 10.1 Å². The van der Waals surface area contributed by atoms with Crippen molar-refractivity contribution in [2.75, 3.05) is 32.8 Å². The van der Waals surface area contributed by atoms with Gasteiger partial charge in [0, 0.05) is 18.5 Å². The van der Waals surface area contributed by atoms with Gasteiger partial charge in [-0.3, -0.25) is 14.5 Å². The van der Waals surface area contributed by atoms with Gasteiger partial charge in [-0.05, 0) is 65.1 Å². The van der Waals surface area contributed by atoms with Gasteiger partial charge in [0.25, 0.3) is 5.91 Å². The van der Waals surface area contributed by atoms with Crippen molar-refractivity contribution in [1.29, 1.82) is 0 Å². The number of hydrogen-bond donors (Lipinski definition) is 1. The lowest BCUT2D eigenvalue weighted by Gasteiger charge is -2.32. The highest BCUT2D eigenvalue weighted by molar-refractivity contribution is 6.09. The molecule has 0 bridgehead atoms. The van der Waals surface area contributed by atoms with Crippen LogP contribution in [0.4, 0.5) is 0 Å². The highest BCUT2D eigenvalue weighted by atomic mass is 16.6. The molecule has 1 N–H and O–H groups in total. The number of hydrogen-bond acceptors (Lipinski definition) is 5. The summed E-state index contributed by atoms with van der Waals surface area (Å²) in [7, 11) is 0. The maximum Gasteiger partial charge on any atom is 0.320 e. The monoisotopic (exact) mass is 427 g/mol. The van der Waals surface area contributed by atoms with E-state index in [1.165, 1.54) is 0 Å². The summed E-state index contributed by atoms with van der Waals surface area (Å²) in [5, 5.41) is 4.09. The Bertz CT molecular complexity index is 952. The summed E-state index contributed by atoms with van der Waals surface area (Å²) in [5.74, 6) is 0.856. The molecule has 1 fully saturated rings. The molecule has 2 aromatic rings. The number of ether oxygens (including phenoxy) is 2. The summed E-state index contributed by atoms with van der Waals surface area (Å²) >= 11 is 0. The van der Waals surface area contributed by atoms with Gasteiger partial charge in [-0.2, -0.15) is 0 Å². The lowest BCUT2D eigenvalue weighted by atomic mass is 9.96. The zero-order valence-corrected chi connectivity index (χ0v) is 18.8. The second-order valence-corrected chi connectivity index (χ2v) is 9.57. The third kappa shape index (κ3) is 5.03. The molecule has 0 radical (unpaired) electrons. The summed E-state index contributed by atoms with van der Waals surface area (Å²) in [6.45, 7) is 9.82. The molecule has 1 aromatic heterocycles. The number of benzene rings is 1. The second-order valence-electron chi connectivity index (χ2n) is 9.57.